The number of hydrogen-bond acceptors (Lipinski definition) is 5. The molecule has 0 aromatic heterocycles. The third-order valence-electron chi connectivity index (χ3n) is 3.31. The zero-order valence-corrected chi connectivity index (χ0v) is 19.9. The van der Waals surface area contributed by atoms with Crippen LogP contribution >= 0.6 is 44.3 Å². The molecule has 2 rings (SSSR count). The van der Waals surface area contributed by atoms with Crippen molar-refractivity contribution in [1.29, 1.82) is 5.41 Å². The van der Waals surface area contributed by atoms with Gasteiger partial charge >= 0.3 is 0 Å². The zero-order valence-electron chi connectivity index (χ0n) is 15.9. The first-order valence-electron chi connectivity index (χ1n) is 8.54. The number of guanidine groups is 1. The lowest BCUT2D eigenvalue weighted by Gasteiger charge is -2.08. The fourth-order valence-corrected chi connectivity index (χ4v) is 2.83. The van der Waals surface area contributed by atoms with E-state index in [9.17, 15) is 0 Å². The Morgan fingerprint density at radius 3 is 1.69 bits per heavy atom. The molecule has 0 atom stereocenters. The van der Waals surface area contributed by atoms with Gasteiger partial charge in [0.05, 0.1) is 25.6 Å². The van der Waals surface area contributed by atoms with E-state index >= 15 is 0 Å². The van der Waals surface area contributed by atoms with Gasteiger partial charge in [0.2, 0.25) is 5.96 Å². The Kier molecular flexibility index (Phi) is 11.3. The number of hydrogen-bond donors (Lipinski definition) is 3. The van der Waals surface area contributed by atoms with Crippen molar-refractivity contribution in [2.45, 2.75) is 13.8 Å². The summed E-state index contributed by atoms with van der Waals surface area (Å²) in [6, 6.07) is 11.3. The van der Waals surface area contributed by atoms with Gasteiger partial charge in [0.1, 0.15) is 11.5 Å². The fourth-order valence-electron chi connectivity index (χ4n) is 2.15. The topological polar surface area (TPSA) is 91.1 Å². The van der Waals surface area contributed by atoms with Gasteiger partial charge in [-0.25, -0.2) is 10.9 Å². The summed E-state index contributed by atoms with van der Waals surface area (Å²) in [6.45, 7) is 4.94. The van der Waals surface area contributed by atoms with Gasteiger partial charge in [0.15, 0.2) is 0 Å². The van der Waals surface area contributed by atoms with Crippen molar-refractivity contribution in [3.63, 3.8) is 0 Å². The minimum Gasteiger partial charge on any atom is -0.493 e. The summed E-state index contributed by atoms with van der Waals surface area (Å²) in [4.78, 5) is 0. The van der Waals surface area contributed by atoms with Crippen LogP contribution in [0.4, 0.5) is 0 Å². The molecule has 0 bridgehead atoms. The fraction of sp³-hybridized carbons (Fsp3) is 0.211. The van der Waals surface area contributed by atoms with Gasteiger partial charge in [-0.2, -0.15) is 10.2 Å². The molecule has 0 saturated carbocycles. The molecule has 0 aliphatic rings. The smallest absolute Gasteiger partial charge is 0.230 e. The predicted molar refractivity (Wildman–Crippen MR) is 127 cm³/mol. The average molecular weight is 548 g/mol. The number of nitrogens with zero attached hydrogens (tertiary/aromatic N) is 2. The molecular formula is C19H22Br2ClN5O2. The number of benzene rings is 2. The minimum atomic E-state index is -0.0716. The molecule has 0 spiro atoms. The molecule has 0 radical (unpaired) electrons. The second-order valence-corrected chi connectivity index (χ2v) is 7.18. The Bertz CT molecular complexity index is 808. The first-order valence-corrected chi connectivity index (χ1v) is 10.1. The molecule has 29 heavy (non-hydrogen) atoms. The lowest BCUT2D eigenvalue weighted by atomic mass is 10.2. The maximum Gasteiger partial charge on any atom is 0.230 e. The van der Waals surface area contributed by atoms with E-state index in [1.165, 1.54) is 0 Å². The summed E-state index contributed by atoms with van der Waals surface area (Å²) in [5.41, 5.74) is 6.74. The van der Waals surface area contributed by atoms with Gasteiger partial charge in [-0.1, -0.05) is 31.9 Å². The quantitative estimate of drug-likeness (QED) is 0.249. The molecule has 156 valence electrons. The van der Waals surface area contributed by atoms with E-state index < -0.39 is 0 Å². The lowest BCUT2D eigenvalue weighted by molar-refractivity contribution is 0.339. The molecule has 0 amide bonds. The monoisotopic (exact) mass is 545 g/mol. The van der Waals surface area contributed by atoms with Crippen LogP contribution in [0.1, 0.15) is 25.0 Å². The summed E-state index contributed by atoms with van der Waals surface area (Å²) < 4.78 is 13.0. The summed E-state index contributed by atoms with van der Waals surface area (Å²) >= 11 is 6.82. The van der Waals surface area contributed by atoms with E-state index in [0.29, 0.717) is 24.7 Å². The van der Waals surface area contributed by atoms with Crippen molar-refractivity contribution in [2.24, 2.45) is 10.2 Å². The van der Waals surface area contributed by atoms with Crippen LogP contribution < -0.4 is 20.3 Å². The van der Waals surface area contributed by atoms with Crippen LogP contribution in [-0.4, -0.2) is 31.6 Å². The van der Waals surface area contributed by atoms with E-state index in [1.807, 2.05) is 50.2 Å². The molecule has 0 heterocycles. The Morgan fingerprint density at radius 2 is 1.31 bits per heavy atom. The predicted octanol–water partition coefficient (Wildman–Crippen LogP) is 4.91. The van der Waals surface area contributed by atoms with Crippen molar-refractivity contribution in [2.75, 3.05) is 13.2 Å². The van der Waals surface area contributed by atoms with Crippen LogP contribution in [-0.2, 0) is 0 Å². The molecule has 2 aromatic rings. The Hall–Kier alpha value is -2.10. The van der Waals surface area contributed by atoms with Crippen LogP contribution in [0.2, 0.25) is 0 Å². The van der Waals surface area contributed by atoms with Gasteiger partial charge in [0, 0.05) is 20.1 Å². The Labute approximate surface area is 193 Å². The second-order valence-electron chi connectivity index (χ2n) is 5.35. The van der Waals surface area contributed by atoms with Crippen molar-refractivity contribution in [3.05, 3.63) is 56.5 Å². The summed E-state index contributed by atoms with van der Waals surface area (Å²) in [5.74, 6) is 1.34. The zero-order chi connectivity index (χ0) is 20.4. The van der Waals surface area contributed by atoms with E-state index in [1.54, 1.807) is 12.4 Å². The lowest BCUT2D eigenvalue weighted by Crippen LogP contribution is -2.29. The second kappa shape index (κ2) is 13.2. The standard InChI is InChI=1S/C19H21Br2N5O2.ClH/c1-3-27-17-9-15(20)7-5-13(17)11-23-25-19(22)26-24-12-14-6-8-16(21)10-18(14)28-4-2;/h5-12H,3-4H2,1-2H3,(H3,22,25,26);1H. The number of nitrogens with one attached hydrogen (secondary N) is 3. The molecule has 0 fully saturated rings. The van der Waals surface area contributed by atoms with Crippen LogP contribution in [0.5, 0.6) is 11.5 Å². The van der Waals surface area contributed by atoms with Gasteiger partial charge in [0.25, 0.3) is 0 Å². The van der Waals surface area contributed by atoms with Crippen molar-refractivity contribution in [1.82, 2.24) is 10.9 Å². The third-order valence-corrected chi connectivity index (χ3v) is 4.30. The highest BCUT2D eigenvalue weighted by Crippen LogP contribution is 2.23. The molecular weight excluding hydrogens is 526 g/mol. The Morgan fingerprint density at radius 1 is 0.897 bits per heavy atom. The third kappa shape index (κ3) is 8.43. The van der Waals surface area contributed by atoms with Crippen LogP contribution in [0.25, 0.3) is 0 Å². The maximum atomic E-state index is 7.83. The molecule has 0 saturated heterocycles. The van der Waals surface area contributed by atoms with Crippen molar-refractivity contribution in [3.8, 4) is 11.5 Å². The van der Waals surface area contributed by atoms with E-state index in [4.69, 9.17) is 14.9 Å². The number of ether oxygens (including phenoxy) is 2. The molecule has 7 nitrogen and oxygen atoms in total. The van der Waals surface area contributed by atoms with Crippen LogP contribution in [0, 0.1) is 5.41 Å². The molecule has 3 N–H and O–H groups in total. The molecule has 2 aromatic carbocycles. The molecule has 0 aliphatic heterocycles. The Balaban J connectivity index is 0.00000420. The molecule has 10 heteroatoms. The number of rotatable bonds is 8. The van der Waals surface area contributed by atoms with Crippen molar-refractivity contribution < 1.29 is 9.47 Å². The summed E-state index contributed by atoms with van der Waals surface area (Å²) in [7, 11) is 0. The molecule has 0 unspecified atom stereocenters. The van der Waals surface area contributed by atoms with Gasteiger partial charge < -0.3 is 9.47 Å². The molecule has 0 aliphatic carbocycles. The SMILES string of the molecule is CCOc1cc(Br)ccc1C=NNC(=N)NN=Cc1ccc(Br)cc1OCC.Cl. The van der Waals surface area contributed by atoms with Crippen LogP contribution in [0.15, 0.2) is 55.5 Å². The first kappa shape index (κ1) is 24.9. The number of hydrazone groups is 2. The van der Waals surface area contributed by atoms with Gasteiger partial charge in [-0.05, 0) is 50.2 Å². The van der Waals surface area contributed by atoms with Gasteiger partial charge in [-0.3, -0.25) is 5.41 Å². The van der Waals surface area contributed by atoms with Crippen molar-refractivity contribution >= 4 is 62.7 Å². The minimum absolute atomic E-state index is 0. The highest BCUT2D eigenvalue weighted by atomic mass is 79.9. The highest BCUT2D eigenvalue weighted by Gasteiger charge is 2.03. The van der Waals surface area contributed by atoms with E-state index in [2.05, 4.69) is 52.9 Å². The summed E-state index contributed by atoms with van der Waals surface area (Å²) in [6.07, 6.45) is 3.17. The maximum absolute atomic E-state index is 7.83. The van der Waals surface area contributed by atoms with E-state index in [-0.39, 0.29) is 18.4 Å². The largest absolute Gasteiger partial charge is 0.493 e. The first-order chi connectivity index (χ1) is 13.5. The van der Waals surface area contributed by atoms with Gasteiger partial charge in [-0.15, -0.1) is 12.4 Å². The number of halogens is 3. The average Bonchev–Trinajstić information content (AvgIpc) is 2.66. The van der Waals surface area contributed by atoms with E-state index in [0.717, 1.165) is 20.1 Å². The van der Waals surface area contributed by atoms with Crippen LogP contribution in [0.3, 0.4) is 0 Å². The highest BCUT2D eigenvalue weighted by molar-refractivity contribution is 9.10. The normalized spacial score (nSPS) is 10.6. The summed E-state index contributed by atoms with van der Waals surface area (Å²) in [5, 5.41) is 15.9.